The summed E-state index contributed by atoms with van der Waals surface area (Å²) in [6, 6.07) is 6.13. The maximum atomic E-state index is 5.84. The van der Waals surface area contributed by atoms with Gasteiger partial charge in [-0.15, -0.1) is 0 Å². The van der Waals surface area contributed by atoms with E-state index in [2.05, 4.69) is 23.3 Å². The van der Waals surface area contributed by atoms with Crippen LogP contribution in [-0.4, -0.2) is 13.7 Å². The molecule has 0 saturated carbocycles. The second-order valence-corrected chi connectivity index (χ2v) is 4.18. The average Bonchev–Trinajstić information content (AvgIpc) is 2.68. The Hall–Kier alpha value is -0.978. The summed E-state index contributed by atoms with van der Waals surface area (Å²) >= 11 is 0. The zero-order valence-corrected chi connectivity index (χ0v) is 12.6. The molecule has 1 aromatic carbocycles. The smallest absolute Gasteiger partial charge is 0.493 e. The molecule has 2 aromatic rings. The summed E-state index contributed by atoms with van der Waals surface area (Å²) in [6.07, 6.45) is 2.23. The molecule has 100 valence electrons. The Morgan fingerprint density at radius 2 is 2.11 bits per heavy atom. The van der Waals surface area contributed by atoms with Crippen LogP contribution in [-0.2, 0) is 20.4 Å². The van der Waals surface area contributed by atoms with Gasteiger partial charge in [0.1, 0.15) is 5.75 Å². The average molecular weight is 338 g/mol. The van der Waals surface area contributed by atoms with Gasteiger partial charge in [0.05, 0.1) is 6.61 Å². The van der Waals surface area contributed by atoms with Crippen LogP contribution in [0.5, 0.6) is 5.75 Å². The third kappa shape index (κ3) is 2.88. The van der Waals surface area contributed by atoms with Gasteiger partial charge in [-0.05, 0) is 24.8 Å². The summed E-state index contributed by atoms with van der Waals surface area (Å²) in [5.41, 5.74) is 1.05. The van der Waals surface area contributed by atoms with Gasteiger partial charge in [-0.3, -0.25) is 0 Å². The number of hydrogen-bond acceptors (Lipinski definition) is 2. The molecule has 18 heavy (non-hydrogen) atoms. The molecule has 4 heteroatoms. The Balaban J connectivity index is 0.00000162. The number of hydrogen-bond donors (Lipinski definition) is 1. The maximum Gasteiger partial charge on any atom is 2.00 e. The summed E-state index contributed by atoms with van der Waals surface area (Å²) in [4.78, 5) is 4.51. The fourth-order valence-electron chi connectivity index (χ4n) is 1.99. The van der Waals surface area contributed by atoms with E-state index >= 15 is 0 Å². The first-order chi connectivity index (χ1) is 8.27. The summed E-state index contributed by atoms with van der Waals surface area (Å²) < 4.78 is 5.84. The molecule has 0 aliphatic heterocycles. The van der Waals surface area contributed by atoms with E-state index in [-0.39, 0.29) is 20.4 Å². The monoisotopic (exact) mass is 337 g/mol. The second kappa shape index (κ2) is 6.82. The Labute approximate surface area is 122 Å². The maximum absolute atomic E-state index is 5.84. The number of anilines is 1. The molecule has 0 unspecified atom stereocenters. The van der Waals surface area contributed by atoms with Crippen molar-refractivity contribution in [1.82, 2.24) is 4.98 Å². The van der Waals surface area contributed by atoms with Crippen molar-refractivity contribution in [1.29, 1.82) is 0 Å². The van der Waals surface area contributed by atoms with Crippen molar-refractivity contribution in [3.63, 3.8) is 0 Å². The minimum absolute atomic E-state index is 0. The summed E-state index contributed by atoms with van der Waals surface area (Å²) in [7, 11) is 1.89. The van der Waals surface area contributed by atoms with Gasteiger partial charge in [-0.1, -0.05) is 44.0 Å². The summed E-state index contributed by atoms with van der Waals surface area (Å²) in [5.74, 6) is 1.84. The van der Waals surface area contributed by atoms with Crippen LogP contribution in [0, 0.1) is 6.92 Å². The first-order valence-corrected chi connectivity index (χ1v) is 6.14. The van der Waals surface area contributed by atoms with E-state index < -0.39 is 0 Å². The van der Waals surface area contributed by atoms with Crippen molar-refractivity contribution in [3.8, 4) is 5.75 Å². The van der Waals surface area contributed by atoms with E-state index in [1.165, 1.54) is 5.39 Å². The number of nitrogens with one attached hydrogen (secondary N) is 1. The Bertz CT molecular complexity index is 508. The van der Waals surface area contributed by atoms with Gasteiger partial charge < -0.3 is 15.0 Å². The van der Waals surface area contributed by atoms with Gasteiger partial charge in [-0.25, -0.2) is 0 Å². The number of aryl methyl sites for hydroxylation is 1. The molecule has 3 nitrogen and oxygen atoms in total. The number of fused-ring (bicyclic) bond motifs is 1. The molecule has 1 heterocycles. The predicted molar refractivity (Wildman–Crippen MR) is 72.0 cm³/mol. The van der Waals surface area contributed by atoms with Crippen LogP contribution < -0.4 is 15.0 Å². The third-order valence-corrected chi connectivity index (χ3v) is 2.92. The van der Waals surface area contributed by atoms with E-state index in [0.29, 0.717) is 0 Å². The minimum Gasteiger partial charge on any atom is -0.493 e. The van der Waals surface area contributed by atoms with Crippen LogP contribution in [0.15, 0.2) is 18.2 Å². The van der Waals surface area contributed by atoms with Gasteiger partial charge in [0, 0.05) is 5.39 Å². The Kier molecular flexibility index (Phi) is 5.72. The van der Waals surface area contributed by atoms with Crippen molar-refractivity contribution in [2.24, 2.45) is 0 Å². The molecular weight excluding hydrogens is 319 g/mol. The molecule has 0 aliphatic carbocycles. The van der Waals surface area contributed by atoms with E-state index in [0.717, 1.165) is 42.1 Å². The van der Waals surface area contributed by atoms with Gasteiger partial charge >= 0.3 is 20.4 Å². The van der Waals surface area contributed by atoms with Crippen LogP contribution in [0.3, 0.4) is 0 Å². The molecule has 0 atom stereocenters. The van der Waals surface area contributed by atoms with Crippen LogP contribution >= 0.6 is 0 Å². The molecule has 1 aromatic heterocycles. The molecular formula is C14H19N2OPd+. The van der Waals surface area contributed by atoms with Crippen molar-refractivity contribution in [2.45, 2.75) is 26.7 Å². The molecule has 2 rings (SSSR count). The fourth-order valence-corrected chi connectivity index (χ4v) is 1.99. The standard InChI is InChI=1S/C14H19N2O.Pd/c1-4-5-9-17-12-8-6-7-11-10(2)16-14(15-3)13(11)12;/h6-8,15H,4-5,9H2,1-3H3;/q-1;+2. The second-order valence-electron chi connectivity index (χ2n) is 4.18. The minimum atomic E-state index is 0. The van der Waals surface area contributed by atoms with Gasteiger partial charge in [0.25, 0.3) is 0 Å². The van der Waals surface area contributed by atoms with Gasteiger partial charge in [-0.2, -0.15) is 0 Å². The SMILES string of the molecule is CCCCOc1cccc2c(C)[n-]c(NC)c12.[Pd+2]. The largest absolute Gasteiger partial charge is 2.00 e. The molecule has 1 N–H and O–H groups in total. The van der Waals surface area contributed by atoms with Crippen LogP contribution in [0.1, 0.15) is 25.5 Å². The zero-order chi connectivity index (χ0) is 12.3. The molecule has 0 saturated heterocycles. The van der Waals surface area contributed by atoms with Crippen LogP contribution in [0.25, 0.3) is 10.8 Å². The van der Waals surface area contributed by atoms with Crippen molar-refractivity contribution in [3.05, 3.63) is 23.9 Å². The molecule has 0 spiro atoms. The third-order valence-electron chi connectivity index (χ3n) is 2.92. The Morgan fingerprint density at radius 1 is 1.33 bits per heavy atom. The van der Waals surface area contributed by atoms with E-state index in [9.17, 15) is 0 Å². The molecule has 0 amide bonds. The number of nitrogens with zero attached hydrogens (tertiary/aromatic N) is 1. The first kappa shape index (κ1) is 15.1. The topological polar surface area (TPSA) is 35.4 Å². The van der Waals surface area contributed by atoms with Crippen molar-refractivity contribution in [2.75, 3.05) is 19.0 Å². The fraction of sp³-hybridized carbons (Fsp3) is 0.429. The molecule has 0 radical (unpaired) electrons. The number of benzene rings is 1. The summed E-state index contributed by atoms with van der Waals surface area (Å²) in [5, 5.41) is 5.40. The quantitative estimate of drug-likeness (QED) is 0.671. The normalized spacial score (nSPS) is 10.2. The van der Waals surface area contributed by atoms with Crippen LogP contribution in [0.4, 0.5) is 5.82 Å². The van der Waals surface area contributed by atoms with E-state index in [1.54, 1.807) is 0 Å². The molecule has 0 aliphatic rings. The van der Waals surface area contributed by atoms with E-state index in [1.807, 2.05) is 26.1 Å². The molecule has 0 fully saturated rings. The number of unbranched alkanes of at least 4 members (excludes halogenated alkanes) is 1. The number of aromatic nitrogens is 1. The zero-order valence-electron chi connectivity index (χ0n) is 11.0. The first-order valence-electron chi connectivity index (χ1n) is 6.14. The number of ether oxygens (including phenoxy) is 1. The van der Waals surface area contributed by atoms with Crippen molar-refractivity contribution >= 4 is 16.6 Å². The van der Waals surface area contributed by atoms with Gasteiger partial charge in [0.2, 0.25) is 0 Å². The predicted octanol–water partition coefficient (Wildman–Crippen LogP) is 3.32. The summed E-state index contributed by atoms with van der Waals surface area (Å²) in [6.45, 7) is 4.96. The van der Waals surface area contributed by atoms with Crippen molar-refractivity contribution < 1.29 is 25.2 Å². The van der Waals surface area contributed by atoms with Crippen LogP contribution in [0.2, 0.25) is 0 Å². The molecule has 0 bridgehead atoms. The van der Waals surface area contributed by atoms with E-state index in [4.69, 9.17) is 4.74 Å². The Morgan fingerprint density at radius 3 is 2.78 bits per heavy atom. The number of rotatable bonds is 5. The van der Waals surface area contributed by atoms with Gasteiger partial charge in [0.15, 0.2) is 0 Å².